The molecule has 17 heteroatoms. The molecule has 2 saturated heterocycles. The van der Waals surface area contributed by atoms with Crippen LogP contribution in [0.5, 0.6) is 0 Å². The lowest BCUT2D eigenvalue weighted by atomic mass is 9.89. The fourth-order valence-corrected chi connectivity index (χ4v) is 8.21. The first-order valence-electron chi connectivity index (χ1n) is 12.5. The lowest BCUT2D eigenvalue weighted by Crippen LogP contribution is -2.55. The van der Waals surface area contributed by atoms with Crippen LogP contribution in [-0.4, -0.2) is 96.5 Å². The van der Waals surface area contributed by atoms with Gasteiger partial charge in [-0.05, 0) is 31.9 Å². The van der Waals surface area contributed by atoms with Gasteiger partial charge in [0.2, 0.25) is 0 Å². The standard InChI is InChI=1S/C24H27F3N4O8S2/c1-11-10-38-29-18(11)22(24(35)2-4-41(36,37)5-3-24)40-23-21(34)19(20(33)16(9-32)39-23)31-8-15(28-30-31)12-6-13(25)17(27)14(26)7-12/h6-8,10,16,19-23,32-35H,2-5,9H2,1H3/t16-,19+,20+,21-,22+,23+/m1/s1. The van der Waals surface area contributed by atoms with E-state index < -0.39 is 74.5 Å². The molecule has 41 heavy (non-hydrogen) atoms. The summed E-state index contributed by atoms with van der Waals surface area (Å²) in [5, 5.41) is 54.6. The molecule has 0 aliphatic carbocycles. The number of benzene rings is 1. The first-order chi connectivity index (χ1) is 19.3. The second-order valence-electron chi connectivity index (χ2n) is 10.2. The average molecular weight is 621 g/mol. The summed E-state index contributed by atoms with van der Waals surface area (Å²) < 4.78 is 77.1. The van der Waals surface area contributed by atoms with Gasteiger partial charge in [0.25, 0.3) is 0 Å². The van der Waals surface area contributed by atoms with Gasteiger partial charge >= 0.3 is 0 Å². The van der Waals surface area contributed by atoms with Gasteiger partial charge in [-0.3, -0.25) is 0 Å². The number of hydrogen-bond acceptors (Lipinski definition) is 12. The van der Waals surface area contributed by atoms with E-state index in [1.807, 2.05) is 0 Å². The summed E-state index contributed by atoms with van der Waals surface area (Å²) in [6, 6.07) is 0.138. The van der Waals surface area contributed by atoms with Crippen molar-refractivity contribution in [3.63, 3.8) is 0 Å². The Kier molecular flexibility index (Phi) is 8.23. The molecule has 0 bridgehead atoms. The number of sulfone groups is 1. The van der Waals surface area contributed by atoms with Crippen LogP contribution >= 0.6 is 11.8 Å². The van der Waals surface area contributed by atoms with Crippen LogP contribution in [0.2, 0.25) is 0 Å². The van der Waals surface area contributed by atoms with Crippen LogP contribution in [0.25, 0.3) is 11.3 Å². The monoisotopic (exact) mass is 620 g/mol. The summed E-state index contributed by atoms with van der Waals surface area (Å²) >= 11 is 0.915. The highest BCUT2D eigenvalue weighted by molar-refractivity contribution is 8.00. The molecule has 4 N–H and O–H groups in total. The molecule has 2 aliphatic heterocycles. The molecule has 2 aliphatic rings. The summed E-state index contributed by atoms with van der Waals surface area (Å²) in [5.41, 5.74) is -2.18. The Morgan fingerprint density at radius 1 is 1.17 bits per heavy atom. The summed E-state index contributed by atoms with van der Waals surface area (Å²) in [6.45, 7) is 1.01. The molecule has 0 amide bonds. The molecule has 1 aromatic carbocycles. The summed E-state index contributed by atoms with van der Waals surface area (Å²) in [5.74, 6) is -5.08. The van der Waals surface area contributed by atoms with E-state index in [1.54, 1.807) is 6.92 Å². The minimum atomic E-state index is -3.35. The van der Waals surface area contributed by atoms with Gasteiger partial charge in [0.1, 0.15) is 47.4 Å². The smallest absolute Gasteiger partial charge is 0.194 e. The Balaban J connectivity index is 1.47. The minimum absolute atomic E-state index is 0.0905. The predicted octanol–water partition coefficient (Wildman–Crippen LogP) is 1.05. The Labute approximate surface area is 236 Å². The van der Waals surface area contributed by atoms with Gasteiger partial charge in [-0.1, -0.05) is 10.4 Å². The van der Waals surface area contributed by atoms with Crippen LogP contribution in [0.4, 0.5) is 13.2 Å². The van der Waals surface area contributed by atoms with Crippen LogP contribution in [-0.2, 0) is 14.6 Å². The number of hydrogen-bond donors (Lipinski definition) is 4. The highest BCUT2D eigenvalue weighted by atomic mass is 32.2. The van der Waals surface area contributed by atoms with Crippen molar-refractivity contribution in [3.8, 4) is 11.3 Å². The van der Waals surface area contributed by atoms with Crippen LogP contribution in [0.15, 0.2) is 29.1 Å². The molecule has 0 radical (unpaired) electrons. The van der Waals surface area contributed by atoms with Gasteiger partial charge in [-0.2, -0.15) is 0 Å². The zero-order valence-electron chi connectivity index (χ0n) is 21.5. The van der Waals surface area contributed by atoms with Crippen molar-refractivity contribution in [1.82, 2.24) is 20.2 Å². The number of halogens is 3. The third-order valence-electron chi connectivity index (χ3n) is 7.43. The Bertz CT molecular complexity index is 1480. The number of nitrogens with zero attached hydrogens (tertiary/aromatic N) is 4. The number of aliphatic hydroxyl groups is 4. The molecule has 2 aromatic heterocycles. The molecule has 0 saturated carbocycles. The molecule has 224 valence electrons. The van der Waals surface area contributed by atoms with E-state index in [4.69, 9.17) is 9.26 Å². The van der Waals surface area contributed by atoms with E-state index in [2.05, 4.69) is 15.5 Å². The number of rotatable bonds is 7. The van der Waals surface area contributed by atoms with E-state index in [0.717, 1.165) is 16.4 Å². The van der Waals surface area contributed by atoms with E-state index >= 15 is 0 Å². The Morgan fingerprint density at radius 3 is 2.41 bits per heavy atom. The molecule has 0 spiro atoms. The fourth-order valence-electron chi connectivity index (χ4n) is 5.03. The molecule has 2 fully saturated rings. The van der Waals surface area contributed by atoms with E-state index in [1.165, 1.54) is 12.5 Å². The number of thioether (sulfide) groups is 1. The molecular weight excluding hydrogens is 593 g/mol. The van der Waals surface area contributed by atoms with Crippen molar-refractivity contribution in [2.75, 3.05) is 18.1 Å². The molecule has 3 aromatic rings. The van der Waals surface area contributed by atoms with Gasteiger partial charge in [0.15, 0.2) is 27.3 Å². The lowest BCUT2D eigenvalue weighted by molar-refractivity contribution is -0.179. The molecule has 6 atom stereocenters. The molecule has 12 nitrogen and oxygen atoms in total. The van der Waals surface area contributed by atoms with Crippen molar-refractivity contribution in [1.29, 1.82) is 0 Å². The number of ether oxygens (including phenoxy) is 1. The van der Waals surface area contributed by atoms with Gasteiger partial charge in [0.05, 0.1) is 35.2 Å². The van der Waals surface area contributed by atoms with Gasteiger partial charge in [-0.15, -0.1) is 16.9 Å². The third kappa shape index (κ3) is 5.76. The third-order valence-corrected chi connectivity index (χ3v) is 10.7. The number of aromatic nitrogens is 4. The zero-order valence-corrected chi connectivity index (χ0v) is 23.1. The van der Waals surface area contributed by atoms with Crippen molar-refractivity contribution in [2.45, 2.75) is 60.4 Å². The molecule has 5 rings (SSSR count). The van der Waals surface area contributed by atoms with Crippen LogP contribution < -0.4 is 0 Å². The maximum Gasteiger partial charge on any atom is 0.194 e. The van der Waals surface area contributed by atoms with Crippen molar-refractivity contribution in [3.05, 3.63) is 53.3 Å². The van der Waals surface area contributed by atoms with Crippen molar-refractivity contribution < 1.29 is 51.3 Å². The summed E-state index contributed by atoms with van der Waals surface area (Å²) in [4.78, 5) is 0. The second kappa shape index (κ2) is 11.3. The maximum atomic E-state index is 13.8. The van der Waals surface area contributed by atoms with Gasteiger partial charge in [0, 0.05) is 11.1 Å². The van der Waals surface area contributed by atoms with E-state index in [-0.39, 0.29) is 35.6 Å². The largest absolute Gasteiger partial charge is 0.394 e. The average Bonchev–Trinajstić information content (AvgIpc) is 3.58. The number of aliphatic hydroxyl groups excluding tert-OH is 3. The highest BCUT2D eigenvalue weighted by Gasteiger charge is 2.51. The molecule has 4 heterocycles. The van der Waals surface area contributed by atoms with E-state index in [9.17, 15) is 42.0 Å². The first kappa shape index (κ1) is 29.9. The summed E-state index contributed by atoms with van der Waals surface area (Å²) in [7, 11) is -3.35. The SMILES string of the molecule is Cc1conc1[C@H](S[C@@H]1O[C@H](CO)[C@H](O)[C@H](n2cc(-c3cc(F)c(F)c(F)c3)nn2)[C@H]1O)C1(O)CCS(=O)(=O)CC1. The summed E-state index contributed by atoms with van der Waals surface area (Å²) in [6.07, 6.45) is -2.02. The van der Waals surface area contributed by atoms with Gasteiger partial charge < -0.3 is 29.7 Å². The number of aryl methyl sites for hydroxylation is 1. The zero-order chi connectivity index (χ0) is 29.7. The quantitative estimate of drug-likeness (QED) is 0.276. The predicted molar refractivity (Wildman–Crippen MR) is 137 cm³/mol. The van der Waals surface area contributed by atoms with Crippen molar-refractivity contribution in [2.24, 2.45) is 0 Å². The lowest BCUT2D eigenvalue weighted by Gasteiger charge is -2.45. The second-order valence-corrected chi connectivity index (χ2v) is 13.7. The van der Waals surface area contributed by atoms with Crippen LogP contribution in [0.1, 0.15) is 35.4 Å². The van der Waals surface area contributed by atoms with Crippen LogP contribution in [0.3, 0.4) is 0 Å². The normalized spacial score (nSPS) is 28.4. The minimum Gasteiger partial charge on any atom is -0.394 e. The molecular formula is C24H27F3N4O8S2. The van der Waals surface area contributed by atoms with Crippen molar-refractivity contribution >= 4 is 21.6 Å². The van der Waals surface area contributed by atoms with E-state index in [0.29, 0.717) is 23.4 Å². The van der Waals surface area contributed by atoms with Crippen LogP contribution in [0, 0.1) is 24.4 Å². The first-order valence-corrected chi connectivity index (χ1v) is 15.3. The Hall–Kier alpha value is -2.54. The topological polar surface area (TPSA) is 181 Å². The fraction of sp³-hybridized carbons (Fsp3) is 0.542. The van der Waals surface area contributed by atoms with Gasteiger partial charge in [-0.25, -0.2) is 26.3 Å². The highest BCUT2D eigenvalue weighted by Crippen LogP contribution is 2.49. The molecule has 0 unspecified atom stereocenters. The maximum absolute atomic E-state index is 13.8. The Morgan fingerprint density at radius 2 is 1.83 bits per heavy atom.